The van der Waals surface area contributed by atoms with Crippen LogP contribution in [0.1, 0.15) is 0 Å². The van der Waals surface area contributed by atoms with Gasteiger partial charge in [-0.25, -0.2) is 10.5 Å². The summed E-state index contributed by atoms with van der Waals surface area (Å²) in [6, 6.07) is 0. The highest BCUT2D eigenvalue weighted by Gasteiger charge is 1.75. The predicted molar refractivity (Wildman–Crippen MR) is 20.8 cm³/mol. The number of nitrogens with one attached hydrogen (secondary N) is 1. The zero-order valence-corrected chi connectivity index (χ0v) is 3.01. The fourth-order valence-electron chi connectivity index (χ4n) is 0.185. The maximum Gasteiger partial charge on any atom is 0.206 e. The maximum absolute atomic E-state index is 4.43. The summed E-state index contributed by atoms with van der Waals surface area (Å²) in [4.78, 5) is 7.94. The Kier molecular flexibility index (Phi) is 0.774. The Morgan fingerprint density at radius 3 is 3.00 bits per heavy atom. The van der Waals surface area contributed by atoms with Gasteiger partial charge in [-0.2, -0.15) is 0 Å². The van der Waals surface area contributed by atoms with Gasteiger partial charge in [-0.15, -0.1) is 0 Å². The Labute approximate surface area is 35.3 Å². The lowest BCUT2D eigenvalue weighted by Gasteiger charge is -1.95. The standard InChI is InChI=1S/C3H3N2O/c1-2-6-5-3-4-1/h1-2H,(H,4,5). The van der Waals surface area contributed by atoms with Gasteiger partial charge in [-0.3, -0.25) is 0 Å². The summed E-state index contributed by atoms with van der Waals surface area (Å²) < 4.78 is 0. The van der Waals surface area contributed by atoms with Gasteiger partial charge in [0.1, 0.15) is 6.26 Å². The van der Waals surface area contributed by atoms with E-state index in [4.69, 9.17) is 0 Å². The third kappa shape index (κ3) is 0.484. The topological polar surface area (TPSA) is 33.6 Å². The van der Waals surface area contributed by atoms with Gasteiger partial charge in [0.2, 0.25) is 6.34 Å². The lowest BCUT2D eigenvalue weighted by molar-refractivity contribution is 0.193. The van der Waals surface area contributed by atoms with E-state index in [2.05, 4.69) is 21.6 Å². The Hall–Kier alpha value is -0.990. The first-order valence-corrected chi connectivity index (χ1v) is 1.50. The van der Waals surface area contributed by atoms with Crippen LogP contribution in [0.4, 0.5) is 0 Å². The van der Waals surface area contributed by atoms with Gasteiger partial charge in [0.25, 0.3) is 0 Å². The molecule has 0 aliphatic carbocycles. The molecular weight excluding hydrogens is 80.0 g/mol. The van der Waals surface area contributed by atoms with Crippen molar-refractivity contribution in [1.82, 2.24) is 5.48 Å². The van der Waals surface area contributed by atoms with Crippen molar-refractivity contribution in [3.63, 3.8) is 0 Å². The SMILES string of the molecule is [C]1=NC=CON1. The maximum atomic E-state index is 4.43. The van der Waals surface area contributed by atoms with Crippen molar-refractivity contribution in [2.24, 2.45) is 4.99 Å². The van der Waals surface area contributed by atoms with Crippen molar-refractivity contribution in [2.75, 3.05) is 0 Å². The molecule has 1 rings (SSSR count). The molecule has 6 heavy (non-hydrogen) atoms. The third-order valence-corrected chi connectivity index (χ3v) is 0.373. The monoisotopic (exact) mass is 83.0 g/mol. The summed E-state index contributed by atoms with van der Waals surface area (Å²) in [7, 11) is 0. The van der Waals surface area contributed by atoms with Crippen LogP contribution < -0.4 is 5.48 Å². The Morgan fingerprint density at radius 2 is 2.83 bits per heavy atom. The zero-order chi connectivity index (χ0) is 4.24. The van der Waals surface area contributed by atoms with E-state index in [0.29, 0.717) is 0 Å². The minimum atomic E-state index is 1.43. The lowest BCUT2D eigenvalue weighted by atomic mass is 10.9. The van der Waals surface area contributed by atoms with Crippen LogP contribution in [0.2, 0.25) is 0 Å². The molecule has 31 valence electrons. The van der Waals surface area contributed by atoms with E-state index in [-0.39, 0.29) is 0 Å². The van der Waals surface area contributed by atoms with Gasteiger partial charge in [-0.05, 0) is 0 Å². The quantitative estimate of drug-likeness (QED) is 0.443. The number of nitrogens with zero attached hydrogens (tertiary/aromatic N) is 1. The molecule has 1 aliphatic heterocycles. The molecule has 1 N–H and O–H groups in total. The summed E-state index contributed by atoms with van der Waals surface area (Å²) in [5.74, 6) is 0. The van der Waals surface area contributed by atoms with E-state index in [1.807, 2.05) is 0 Å². The van der Waals surface area contributed by atoms with Crippen LogP contribution in [0, 0.1) is 0 Å². The highest BCUT2D eigenvalue weighted by atomic mass is 16.6. The molecule has 0 aromatic rings. The van der Waals surface area contributed by atoms with Gasteiger partial charge in [0.05, 0.1) is 6.20 Å². The van der Waals surface area contributed by atoms with E-state index in [1.165, 1.54) is 12.5 Å². The lowest BCUT2D eigenvalue weighted by Crippen LogP contribution is -2.08. The molecule has 0 fully saturated rings. The fourth-order valence-corrected chi connectivity index (χ4v) is 0.185. The average Bonchev–Trinajstić information content (AvgIpc) is 1.72. The summed E-state index contributed by atoms with van der Waals surface area (Å²) >= 11 is 0. The van der Waals surface area contributed by atoms with Crippen LogP contribution in [0.15, 0.2) is 17.5 Å². The van der Waals surface area contributed by atoms with Gasteiger partial charge in [0, 0.05) is 0 Å². The molecular formula is C3H3N2O. The molecule has 0 saturated heterocycles. The van der Waals surface area contributed by atoms with Crippen molar-refractivity contribution in [3.8, 4) is 0 Å². The number of rotatable bonds is 0. The van der Waals surface area contributed by atoms with E-state index in [9.17, 15) is 0 Å². The second-order valence-corrected chi connectivity index (χ2v) is 0.746. The molecule has 0 atom stereocenters. The third-order valence-electron chi connectivity index (χ3n) is 0.373. The molecule has 0 aromatic heterocycles. The predicted octanol–water partition coefficient (Wildman–Crippen LogP) is -0.102. The van der Waals surface area contributed by atoms with Crippen molar-refractivity contribution in [1.29, 1.82) is 0 Å². The molecule has 1 radical (unpaired) electrons. The molecule has 0 amide bonds. The minimum Gasteiger partial charge on any atom is -0.387 e. The Morgan fingerprint density at radius 1 is 1.83 bits per heavy atom. The minimum absolute atomic E-state index is 1.43. The first kappa shape index (κ1) is 3.21. The van der Waals surface area contributed by atoms with Crippen LogP contribution in [-0.2, 0) is 4.84 Å². The number of hydroxylamine groups is 1. The molecule has 0 spiro atoms. The number of hydrogen-bond acceptors (Lipinski definition) is 3. The molecule has 3 heteroatoms. The Balaban J connectivity index is 2.46. The van der Waals surface area contributed by atoms with Gasteiger partial charge in [-0.1, -0.05) is 0 Å². The van der Waals surface area contributed by atoms with Gasteiger partial charge < -0.3 is 4.84 Å². The molecule has 0 bridgehead atoms. The molecule has 1 aliphatic rings. The van der Waals surface area contributed by atoms with Crippen LogP contribution in [0.3, 0.4) is 0 Å². The van der Waals surface area contributed by atoms with Crippen molar-refractivity contribution < 1.29 is 4.84 Å². The highest BCUT2D eigenvalue weighted by molar-refractivity contribution is 5.54. The largest absolute Gasteiger partial charge is 0.387 e. The van der Waals surface area contributed by atoms with Crippen molar-refractivity contribution in [3.05, 3.63) is 12.5 Å². The normalized spacial score (nSPS) is 16.0. The Bertz CT molecular complexity index is 74.8. The summed E-state index contributed by atoms with van der Waals surface area (Å²) in [5, 5.41) is 0. The average molecular weight is 83.1 g/mol. The number of aliphatic imine (C=N–C) groups is 1. The fraction of sp³-hybridized carbons (Fsp3) is 0. The van der Waals surface area contributed by atoms with Crippen LogP contribution >= 0.6 is 0 Å². The van der Waals surface area contributed by atoms with Crippen molar-refractivity contribution >= 4 is 6.34 Å². The van der Waals surface area contributed by atoms with E-state index < -0.39 is 0 Å². The van der Waals surface area contributed by atoms with E-state index in [1.54, 1.807) is 0 Å². The van der Waals surface area contributed by atoms with Crippen LogP contribution in [0.5, 0.6) is 0 Å². The van der Waals surface area contributed by atoms with Crippen LogP contribution in [-0.4, -0.2) is 6.34 Å². The summed E-state index contributed by atoms with van der Waals surface area (Å²) in [5.41, 5.74) is 2.28. The molecule has 0 unspecified atom stereocenters. The number of hydrogen-bond donors (Lipinski definition) is 1. The second-order valence-electron chi connectivity index (χ2n) is 0.746. The molecule has 1 heterocycles. The second kappa shape index (κ2) is 1.45. The smallest absolute Gasteiger partial charge is 0.206 e. The molecule has 0 saturated carbocycles. The summed E-state index contributed by atoms with van der Waals surface area (Å²) in [6.07, 6.45) is 5.27. The highest BCUT2D eigenvalue weighted by Crippen LogP contribution is 1.76. The van der Waals surface area contributed by atoms with Crippen LogP contribution in [0.25, 0.3) is 0 Å². The van der Waals surface area contributed by atoms with E-state index >= 15 is 0 Å². The van der Waals surface area contributed by atoms with E-state index in [0.717, 1.165) is 0 Å². The zero-order valence-electron chi connectivity index (χ0n) is 3.01. The first-order valence-electron chi connectivity index (χ1n) is 1.50. The molecule has 0 aromatic carbocycles. The molecule has 3 nitrogen and oxygen atoms in total. The van der Waals surface area contributed by atoms with Gasteiger partial charge >= 0.3 is 0 Å². The first-order chi connectivity index (χ1) is 3.00. The summed E-state index contributed by atoms with van der Waals surface area (Å²) in [6.45, 7) is 0. The van der Waals surface area contributed by atoms with Gasteiger partial charge in [0.15, 0.2) is 0 Å². The van der Waals surface area contributed by atoms with Crippen molar-refractivity contribution in [2.45, 2.75) is 0 Å².